The SMILES string of the molecule is CC(=O)N1CCN(C(=O)c2ccc(Nc3ccc(Cl)cc3C)nn2)CC1. The van der Waals surface area contributed by atoms with E-state index in [1.54, 1.807) is 28.0 Å². The van der Waals surface area contributed by atoms with Gasteiger partial charge in [0.25, 0.3) is 5.91 Å². The van der Waals surface area contributed by atoms with Gasteiger partial charge in [-0.15, -0.1) is 10.2 Å². The van der Waals surface area contributed by atoms with E-state index >= 15 is 0 Å². The van der Waals surface area contributed by atoms with Crippen LogP contribution in [0.15, 0.2) is 30.3 Å². The number of nitrogens with one attached hydrogen (secondary N) is 1. The van der Waals surface area contributed by atoms with Gasteiger partial charge in [-0.3, -0.25) is 9.59 Å². The predicted octanol–water partition coefficient (Wildman–Crippen LogP) is 2.49. The number of hydrogen-bond donors (Lipinski definition) is 1. The summed E-state index contributed by atoms with van der Waals surface area (Å²) in [4.78, 5) is 27.3. The van der Waals surface area contributed by atoms with Gasteiger partial charge in [0.1, 0.15) is 0 Å². The van der Waals surface area contributed by atoms with Crippen molar-refractivity contribution < 1.29 is 9.59 Å². The number of halogens is 1. The molecule has 26 heavy (non-hydrogen) atoms. The number of amides is 2. The Labute approximate surface area is 157 Å². The Kier molecular flexibility index (Phi) is 5.37. The summed E-state index contributed by atoms with van der Waals surface area (Å²) in [5.41, 5.74) is 2.16. The van der Waals surface area contributed by atoms with Crippen LogP contribution in [0.2, 0.25) is 5.02 Å². The second-order valence-electron chi connectivity index (χ2n) is 6.19. The molecule has 2 aromatic rings. The summed E-state index contributed by atoms with van der Waals surface area (Å²) in [6.07, 6.45) is 0. The maximum Gasteiger partial charge on any atom is 0.274 e. The number of aryl methyl sites for hydroxylation is 1. The fourth-order valence-corrected chi connectivity index (χ4v) is 3.03. The van der Waals surface area contributed by atoms with Gasteiger partial charge >= 0.3 is 0 Å². The topological polar surface area (TPSA) is 78.4 Å². The molecule has 1 aromatic heterocycles. The zero-order valence-electron chi connectivity index (χ0n) is 14.7. The first-order valence-corrected chi connectivity index (χ1v) is 8.73. The van der Waals surface area contributed by atoms with Crippen LogP contribution in [0.5, 0.6) is 0 Å². The number of rotatable bonds is 3. The van der Waals surface area contributed by atoms with E-state index < -0.39 is 0 Å². The van der Waals surface area contributed by atoms with Crippen LogP contribution < -0.4 is 5.32 Å². The van der Waals surface area contributed by atoms with E-state index in [2.05, 4.69) is 15.5 Å². The molecule has 136 valence electrons. The number of benzene rings is 1. The average Bonchev–Trinajstić information content (AvgIpc) is 2.64. The van der Waals surface area contributed by atoms with Crippen molar-refractivity contribution >= 4 is 34.9 Å². The Morgan fingerprint density at radius 3 is 2.31 bits per heavy atom. The van der Waals surface area contributed by atoms with Gasteiger partial charge in [-0.2, -0.15) is 0 Å². The molecular formula is C18H20ClN5O2. The van der Waals surface area contributed by atoms with E-state index in [9.17, 15) is 9.59 Å². The van der Waals surface area contributed by atoms with Crippen LogP contribution in [-0.4, -0.2) is 58.0 Å². The summed E-state index contributed by atoms with van der Waals surface area (Å²) in [6, 6.07) is 8.89. The fraction of sp³-hybridized carbons (Fsp3) is 0.333. The molecule has 0 atom stereocenters. The van der Waals surface area contributed by atoms with Crippen LogP contribution in [-0.2, 0) is 4.79 Å². The minimum atomic E-state index is -0.171. The van der Waals surface area contributed by atoms with Crippen LogP contribution in [0.25, 0.3) is 0 Å². The first kappa shape index (κ1) is 18.1. The lowest BCUT2D eigenvalue weighted by Crippen LogP contribution is -2.50. The number of anilines is 2. The van der Waals surface area contributed by atoms with E-state index in [0.717, 1.165) is 11.3 Å². The summed E-state index contributed by atoms with van der Waals surface area (Å²) in [5, 5.41) is 12.0. The zero-order chi connectivity index (χ0) is 18.7. The van der Waals surface area contributed by atoms with Crippen molar-refractivity contribution in [3.05, 3.63) is 46.6 Å². The van der Waals surface area contributed by atoms with Crippen LogP contribution in [0.3, 0.4) is 0 Å². The zero-order valence-corrected chi connectivity index (χ0v) is 15.5. The lowest BCUT2D eigenvalue weighted by molar-refractivity contribution is -0.130. The third-order valence-corrected chi connectivity index (χ3v) is 4.58. The number of carbonyl (C=O) groups excluding carboxylic acids is 2. The fourth-order valence-electron chi connectivity index (χ4n) is 2.80. The molecule has 1 fully saturated rings. The third kappa shape index (κ3) is 4.11. The standard InChI is InChI=1S/C18H20ClN5O2/c1-12-11-14(19)3-4-15(12)20-17-6-5-16(21-22-17)18(26)24-9-7-23(8-10-24)13(2)25/h3-6,11H,7-10H2,1-2H3,(H,20,22). The number of carbonyl (C=O) groups is 2. The van der Waals surface area contributed by atoms with Gasteiger partial charge in [-0.1, -0.05) is 11.6 Å². The molecule has 8 heteroatoms. The highest BCUT2D eigenvalue weighted by molar-refractivity contribution is 6.30. The molecule has 0 radical (unpaired) electrons. The Bertz CT molecular complexity index is 817. The molecule has 1 aliphatic rings. The molecule has 0 bridgehead atoms. The lowest BCUT2D eigenvalue weighted by atomic mass is 10.2. The monoisotopic (exact) mass is 373 g/mol. The summed E-state index contributed by atoms with van der Waals surface area (Å²) in [5.74, 6) is 0.410. The summed E-state index contributed by atoms with van der Waals surface area (Å²) in [7, 11) is 0. The molecule has 7 nitrogen and oxygen atoms in total. The minimum absolute atomic E-state index is 0.0322. The second kappa shape index (κ2) is 7.70. The highest BCUT2D eigenvalue weighted by atomic mass is 35.5. The van der Waals surface area contributed by atoms with Crippen molar-refractivity contribution in [2.45, 2.75) is 13.8 Å². The smallest absolute Gasteiger partial charge is 0.274 e. The predicted molar refractivity (Wildman–Crippen MR) is 99.7 cm³/mol. The molecule has 3 rings (SSSR count). The van der Waals surface area contributed by atoms with Gasteiger partial charge < -0.3 is 15.1 Å². The molecular weight excluding hydrogens is 354 g/mol. The van der Waals surface area contributed by atoms with E-state index in [4.69, 9.17) is 11.6 Å². The Hall–Kier alpha value is -2.67. The van der Waals surface area contributed by atoms with Crippen molar-refractivity contribution in [3.63, 3.8) is 0 Å². The van der Waals surface area contributed by atoms with Crippen molar-refractivity contribution in [1.29, 1.82) is 0 Å². The number of nitrogens with zero attached hydrogens (tertiary/aromatic N) is 4. The maximum absolute atomic E-state index is 12.5. The van der Waals surface area contributed by atoms with Gasteiger partial charge in [0.15, 0.2) is 11.5 Å². The molecule has 2 heterocycles. The van der Waals surface area contributed by atoms with Gasteiger partial charge in [-0.05, 0) is 42.8 Å². The van der Waals surface area contributed by atoms with Gasteiger partial charge in [0, 0.05) is 43.8 Å². The van der Waals surface area contributed by atoms with E-state index in [0.29, 0.717) is 42.7 Å². The van der Waals surface area contributed by atoms with E-state index in [1.165, 1.54) is 6.92 Å². The molecule has 0 saturated carbocycles. The molecule has 0 unspecified atom stereocenters. The van der Waals surface area contributed by atoms with Crippen LogP contribution in [0, 0.1) is 6.92 Å². The largest absolute Gasteiger partial charge is 0.339 e. The molecule has 1 aromatic carbocycles. The quantitative estimate of drug-likeness (QED) is 0.894. The van der Waals surface area contributed by atoms with Crippen LogP contribution in [0.1, 0.15) is 23.0 Å². The van der Waals surface area contributed by atoms with Crippen LogP contribution in [0.4, 0.5) is 11.5 Å². The maximum atomic E-state index is 12.5. The van der Waals surface area contributed by atoms with E-state index in [1.807, 2.05) is 19.1 Å². The summed E-state index contributed by atoms with van der Waals surface area (Å²) < 4.78 is 0. The summed E-state index contributed by atoms with van der Waals surface area (Å²) >= 11 is 5.96. The van der Waals surface area contributed by atoms with E-state index in [-0.39, 0.29) is 11.8 Å². The normalized spacial score (nSPS) is 14.3. The number of aromatic nitrogens is 2. The van der Waals surface area contributed by atoms with Gasteiger partial charge in [0.2, 0.25) is 5.91 Å². The summed E-state index contributed by atoms with van der Waals surface area (Å²) in [6.45, 7) is 5.58. The third-order valence-electron chi connectivity index (χ3n) is 4.35. The number of piperazine rings is 1. The Morgan fingerprint density at radius 1 is 1.04 bits per heavy atom. The second-order valence-corrected chi connectivity index (χ2v) is 6.62. The average molecular weight is 374 g/mol. The van der Waals surface area contributed by atoms with Crippen molar-refractivity contribution in [3.8, 4) is 0 Å². The lowest BCUT2D eigenvalue weighted by Gasteiger charge is -2.33. The number of hydrogen-bond acceptors (Lipinski definition) is 5. The van der Waals surface area contributed by atoms with Crippen molar-refractivity contribution in [2.75, 3.05) is 31.5 Å². The Morgan fingerprint density at radius 2 is 1.73 bits per heavy atom. The molecule has 1 N–H and O–H groups in total. The van der Waals surface area contributed by atoms with Crippen molar-refractivity contribution in [2.24, 2.45) is 0 Å². The van der Waals surface area contributed by atoms with Gasteiger partial charge in [0.05, 0.1) is 0 Å². The minimum Gasteiger partial charge on any atom is -0.339 e. The molecule has 0 spiro atoms. The molecule has 0 aliphatic carbocycles. The van der Waals surface area contributed by atoms with Crippen LogP contribution >= 0.6 is 11.6 Å². The first-order chi connectivity index (χ1) is 12.4. The molecule has 2 amide bonds. The first-order valence-electron chi connectivity index (χ1n) is 8.36. The highest BCUT2D eigenvalue weighted by Gasteiger charge is 2.24. The highest BCUT2D eigenvalue weighted by Crippen LogP contribution is 2.22. The molecule has 1 saturated heterocycles. The Balaban J connectivity index is 1.64. The van der Waals surface area contributed by atoms with Crippen molar-refractivity contribution in [1.82, 2.24) is 20.0 Å². The molecule has 1 aliphatic heterocycles. The van der Waals surface area contributed by atoms with Gasteiger partial charge in [-0.25, -0.2) is 0 Å².